The number of hydrogen-bond acceptors (Lipinski definition) is 5. The molecule has 1 saturated carbocycles. The molecule has 3 aliphatic rings. The number of carboxylic acids is 1. The molecule has 2 saturated heterocycles. The largest absolute Gasteiger partial charge is 0.481 e. The lowest BCUT2D eigenvalue weighted by molar-refractivity contribution is -0.139. The van der Waals surface area contributed by atoms with Crippen LogP contribution >= 0.6 is 24.8 Å². The summed E-state index contributed by atoms with van der Waals surface area (Å²) in [6, 6.07) is 0.0552. The molecule has 204 valence electrons. The molecule has 0 spiro atoms. The van der Waals surface area contributed by atoms with Crippen molar-refractivity contribution < 1.29 is 19.4 Å². The number of halogens is 2. The molecule has 2 atom stereocenters. The van der Waals surface area contributed by atoms with Gasteiger partial charge >= 0.3 is 5.97 Å². The van der Waals surface area contributed by atoms with Crippen molar-refractivity contribution >= 4 is 42.7 Å². The van der Waals surface area contributed by atoms with Crippen molar-refractivity contribution in [1.29, 1.82) is 5.41 Å². The Morgan fingerprint density at radius 2 is 1.66 bits per heavy atom. The molecular weight excluding hydrogens is 493 g/mol. The van der Waals surface area contributed by atoms with Crippen LogP contribution in [-0.4, -0.2) is 83.2 Å². The number of nitrogens with zero attached hydrogens (tertiary/aromatic N) is 2. The molecule has 1 aliphatic carbocycles. The minimum absolute atomic E-state index is 0. The van der Waals surface area contributed by atoms with Gasteiger partial charge in [-0.05, 0) is 57.8 Å². The van der Waals surface area contributed by atoms with Gasteiger partial charge in [-0.2, -0.15) is 0 Å². The van der Waals surface area contributed by atoms with E-state index in [1.54, 1.807) is 0 Å². The first-order chi connectivity index (χ1) is 15.9. The Bertz CT molecular complexity index is 658. The van der Waals surface area contributed by atoms with Gasteiger partial charge in [-0.3, -0.25) is 15.0 Å². The van der Waals surface area contributed by atoms with Crippen LogP contribution in [-0.2, 0) is 14.3 Å². The molecule has 0 aromatic rings. The van der Waals surface area contributed by atoms with Crippen LogP contribution in [0.3, 0.4) is 0 Å². The summed E-state index contributed by atoms with van der Waals surface area (Å²) in [6.45, 7) is 2.88. The van der Waals surface area contributed by atoms with Gasteiger partial charge in [-0.1, -0.05) is 19.3 Å². The van der Waals surface area contributed by atoms with E-state index in [-0.39, 0.29) is 55.2 Å². The molecule has 2 aliphatic heterocycles. The number of carboxylic acid groups (broad SMARTS) is 1. The molecule has 2 heterocycles. The first kappa shape index (κ1) is 31.7. The van der Waals surface area contributed by atoms with Crippen molar-refractivity contribution in [2.75, 3.05) is 26.2 Å². The number of ether oxygens (including phenoxy) is 1. The topological polar surface area (TPSA) is 132 Å². The number of carbonyl (C=O) groups is 2. The van der Waals surface area contributed by atoms with E-state index in [1.807, 2.05) is 9.80 Å². The van der Waals surface area contributed by atoms with E-state index < -0.39 is 12.0 Å². The quantitative estimate of drug-likeness (QED) is 0.248. The highest BCUT2D eigenvalue weighted by Crippen LogP contribution is 2.24. The monoisotopic (exact) mass is 537 g/mol. The number of nitrogens with one attached hydrogen (secondary N) is 2. The highest BCUT2D eigenvalue weighted by molar-refractivity contribution is 5.85. The van der Waals surface area contributed by atoms with Gasteiger partial charge < -0.3 is 30.7 Å². The number of aliphatic carboxylic acids is 1. The number of amides is 1. The standard InChI is InChI=1S/C24H43N5O4.2ClH/c25-24(26)28-15-11-20(12-16-28)33-17-13-19-8-4-5-14-29(19)23(32)21(9-10-22(30)31)27-18-6-2-1-3-7-18;;/h18-21,27H,1-17H2,(H3,25,26)(H,30,31);2*1H/t19-,21+;;/m1../s1. The lowest BCUT2D eigenvalue weighted by Gasteiger charge is -2.39. The van der Waals surface area contributed by atoms with Gasteiger partial charge in [0.1, 0.15) is 0 Å². The molecule has 35 heavy (non-hydrogen) atoms. The fourth-order valence-electron chi connectivity index (χ4n) is 5.52. The Labute approximate surface area is 222 Å². The Hall–Kier alpha value is -1.29. The summed E-state index contributed by atoms with van der Waals surface area (Å²) < 4.78 is 6.13. The summed E-state index contributed by atoms with van der Waals surface area (Å²) in [7, 11) is 0. The number of guanidine groups is 1. The normalized spacial score (nSPS) is 22.6. The van der Waals surface area contributed by atoms with Crippen molar-refractivity contribution in [3.8, 4) is 0 Å². The van der Waals surface area contributed by atoms with Crippen LogP contribution in [0, 0.1) is 5.41 Å². The van der Waals surface area contributed by atoms with Crippen LogP contribution in [0.1, 0.15) is 83.5 Å². The molecule has 0 bridgehead atoms. The van der Waals surface area contributed by atoms with Crippen LogP contribution in [0.4, 0.5) is 0 Å². The second kappa shape index (κ2) is 16.5. The molecule has 3 rings (SSSR count). The minimum atomic E-state index is -0.849. The maximum absolute atomic E-state index is 13.6. The van der Waals surface area contributed by atoms with Crippen molar-refractivity contribution in [2.45, 2.75) is 108 Å². The minimum Gasteiger partial charge on any atom is -0.481 e. The summed E-state index contributed by atoms with van der Waals surface area (Å²) in [5.74, 6) is -0.650. The third-order valence-electron chi connectivity index (χ3n) is 7.48. The van der Waals surface area contributed by atoms with E-state index in [1.165, 1.54) is 19.3 Å². The third-order valence-corrected chi connectivity index (χ3v) is 7.48. The van der Waals surface area contributed by atoms with Crippen molar-refractivity contribution in [3.05, 3.63) is 0 Å². The maximum atomic E-state index is 13.6. The van der Waals surface area contributed by atoms with E-state index in [2.05, 4.69) is 5.32 Å². The van der Waals surface area contributed by atoms with E-state index in [9.17, 15) is 14.7 Å². The van der Waals surface area contributed by atoms with Gasteiger partial charge in [0.2, 0.25) is 5.91 Å². The molecule has 9 nitrogen and oxygen atoms in total. The summed E-state index contributed by atoms with van der Waals surface area (Å²) in [4.78, 5) is 28.6. The van der Waals surface area contributed by atoms with Gasteiger partial charge in [-0.25, -0.2) is 0 Å². The fraction of sp³-hybridized carbons (Fsp3) is 0.875. The SMILES string of the molecule is Cl.Cl.N=C(N)N1CCC(OCC[C@H]2CCCCN2C(=O)[C@H](CCC(=O)O)NC2CCCCC2)CC1. The van der Waals surface area contributed by atoms with Gasteiger partial charge in [0, 0.05) is 44.7 Å². The molecule has 0 aromatic heterocycles. The summed E-state index contributed by atoms with van der Waals surface area (Å²) >= 11 is 0. The highest BCUT2D eigenvalue weighted by atomic mass is 35.5. The molecule has 5 N–H and O–H groups in total. The zero-order chi connectivity index (χ0) is 23.6. The van der Waals surface area contributed by atoms with Crippen LogP contribution < -0.4 is 11.1 Å². The molecular formula is C24H45Cl2N5O4. The molecule has 0 aromatic carbocycles. The second-order valence-electron chi connectivity index (χ2n) is 9.90. The summed E-state index contributed by atoms with van der Waals surface area (Å²) in [5.41, 5.74) is 5.57. The summed E-state index contributed by atoms with van der Waals surface area (Å²) in [6.07, 6.45) is 11.9. The van der Waals surface area contributed by atoms with Gasteiger partial charge in [-0.15, -0.1) is 24.8 Å². The molecule has 0 radical (unpaired) electrons. The maximum Gasteiger partial charge on any atom is 0.303 e. The first-order valence-corrected chi connectivity index (χ1v) is 12.9. The predicted molar refractivity (Wildman–Crippen MR) is 142 cm³/mol. The zero-order valence-electron chi connectivity index (χ0n) is 20.8. The third kappa shape index (κ3) is 10.3. The van der Waals surface area contributed by atoms with E-state index in [0.717, 1.165) is 71.0 Å². The van der Waals surface area contributed by atoms with Gasteiger partial charge in [0.15, 0.2) is 5.96 Å². The zero-order valence-corrected chi connectivity index (χ0v) is 22.4. The lowest BCUT2D eigenvalue weighted by atomic mass is 9.93. The molecule has 0 unspecified atom stereocenters. The van der Waals surface area contributed by atoms with Crippen molar-refractivity contribution in [2.24, 2.45) is 5.73 Å². The van der Waals surface area contributed by atoms with E-state index in [0.29, 0.717) is 19.1 Å². The fourth-order valence-corrected chi connectivity index (χ4v) is 5.52. The highest BCUT2D eigenvalue weighted by Gasteiger charge is 2.33. The van der Waals surface area contributed by atoms with Gasteiger partial charge in [0.05, 0.1) is 12.1 Å². The average molecular weight is 539 g/mol. The molecule has 1 amide bonds. The van der Waals surface area contributed by atoms with Gasteiger partial charge in [0.25, 0.3) is 0 Å². The van der Waals surface area contributed by atoms with E-state index >= 15 is 0 Å². The van der Waals surface area contributed by atoms with Crippen molar-refractivity contribution in [1.82, 2.24) is 15.1 Å². The second-order valence-corrected chi connectivity index (χ2v) is 9.90. The molecule has 11 heteroatoms. The Morgan fingerprint density at radius 1 is 1.00 bits per heavy atom. The number of likely N-dealkylation sites (tertiary alicyclic amines) is 2. The van der Waals surface area contributed by atoms with Crippen molar-refractivity contribution in [3.63, 3.8) is 0 Å². The Morgan fingerprint density at radius 3 is 2.29 bits per heavy atom. The van der Waals surface area contributed by atoms with Crippen LogP contribution in [0.5, 0.6) is 0 Å². The van der Waals surface area contributed by atoms with Crippen LogP contribution in [0.2, 0.25) is 0 Å². The first-order valence-electron chi connectivity index (χ1n) is 12.9. The number of nitrogens with two attached hydrogens (primary N) is 1. The average Bonchev–Trinajstić information content (AvgIpc) is 2.82. The lowest BCUT2D eigenvalue weighted by Crippen LogP contribution is -2.54. The smallest absolute Gasteiger partial charge is 0.303 e. The Balaban J connectivity index is 0.00000306. The number of piperidine rings is 2. The predicted octanol–water partition coefficient (Wildman–Crippen LogP) is 3.13. The number of hydrogen-bond donors (Lipinski definition) is 4. The number of rotatable bonds is 10. The Kier molecular flexibility index (Phi) is 14.9. The summed E-state index contributed by atoms with van der Waals surface area (Å²) in [5, 5.41) is 20.3. The van der Waals surface area contributed by atoms with Crippen LogP contribution in [0.15, 0.2) is 0 Å². The van der Waals surface area contributed by atoms with E-state index in [4.69, 9.17) is 15.9 Å². The van der Waals surface area contributed by atoms with Crippen LogP contribution in [0.25, 0.3) is 0 Å². The number of carbonyl (C=O) groups excluding carboxylic acids is 1. The molecule has 3 fully saturated rings.